The summed E-state index contributed by atoms with van der Waals surface area (Å²) in [6.45, 7) is 8.96. The van der Waals surface area contributed by atoms with Crippen molar-refractivity contribution in [2.24, 2.45) is 0 Å². The normalized spacial score (nSPS) is 17.0. The number of aromatic amines is 1. The molecule has 13 nitrogen and oxygen atoms in total. The molecule has 0 aliphatic carbocycles. The molecule has 1 saturated heterocycles. The molecule has 0 radical (unpaired) electrons. The summed E-state index contributed by atoms with van der Waals surface area (Å²) < 4.78 is 25.3. The number of piperidine rings is 1. The highest BCUT2D eigenvalue weighted by Crippen LogP contribution is 2.33. The monoisotopic (exact) mass is 606 g/mol. The number of anilines is 1. The fraction of sp³-hybridized carbons (Fsp3) is 0.433. The number of halogens is 1. The number of nitrogens with one attached hydrogen (secondary N) is 3. The van der Waals surface area contributed by atoms with Crippen LogP contribution in [-0.4, -0.2) is 73.2 Å². The molecule has 0 spiro atoms. The van der Waals surface area contributed by atoms with E-state index < -0.39 is 17.7 Å². The van der Waals surface area contributed by atoms with E-state index >= 15 is 4.39 Å². The van der Waals surface area contributed by atoms with Gasteiger partial charge in [0.1, 0.15) is 5.82 Å². The van der Waals surface area contributed by atoms with Gasteiger partial charge in [-0.15, -0.1) is 0 Å². The Bertz CT molecular complexity index is 1690. The molecule has 4 heterocycles. The maximum Gasteiger partial charge on any atom is 0.315 e. The van der Waals surface area contributed by atoms with E-state index in [9.17, 15) is 14.4 Å². The number of hydrogen-bond acceptors (Lipinski definition) is 10. The maximum absolute atomic E-state index is 15.3. The van der Waals surface area contributed by atoms with E-state index in [1.165, 1.54) is 13.0 Å². The summed E-state index contributed by atoms with van der Waals surface area (Å²) in [5.41, 5.74) is 1.71. The lowest BCUT2D eigenvalue weighted by Crippen LogP contribution is -2.51. The standard InChI is InChI=1S/C30H35FN8O5/c1-16-6-9-20(14-39(16)23(41)15-43-17(2)40)34-26-24-21(10-11-32-25(24)36-37-26)18-7-8-19(22(31)12-18)13-33-27(42)28-35-29(38-44-28)30(3,4)5/h7-8,10-12,16,20H,6,9,13-15H2,1-5H3,(H,33,42)(H2,32,34,36,37)/t16-,20+/m0/s1. The van der Waals surface area contributed by atoms with Gasteiger partial charge in [0, 0.05) is 49.3 Å². The van der Waals surface area contributed by atoms with Gasteiger partial charge in [-0.05, 0) is 43.0 Å². The summed E-state index contributed by atoms with van der Waals surface area (Å²) in [6.07, 6.45) is 3.16. The first-order valence-corrected chi connectivity index (χ1v) is 14.3. The number of hydrogen-bond donors (Lipinski definition) is 3. The number of amides is 2. The van der Waals surface area contributed by atoms with Crippen molar-refractivity contribution in [2.75, 3.05) is 18.5 Å². The van der Waals surface area contributed by atoms with Crippen LogP contribution in [-0.2, 0) is 26.3 Å². The van der Waals surface area contributed by atoms with Gasteiger partial charge in [0.05, 0.1) is 5.39 Å². The van der Waals surface area contributed by atoms with Crippen LogP contribution in [0.4, 0.5) is 10.2 Å². The smallest absolute Gasteiger partial charge is 0.315 e. The van der Waals surface area contributed by atoms with Gasteiger partial charge >= 0.3 is 17.8 Å². The van der Waals surface area contributed by atoms with E-state index in [-0.39, 0.29) is 48.0 Å². The molecule has 0 saturated carbocycles. The van der Waals surface area contributed by atoms with E-state index in [2.05, 4.69) is 36.0 Å². The number of carbonyl (C=O) groups is 3. The molecule has 3 aromatic heterocycles. The Balaban J connectivity index is 1.30. The van der Waals surface area contributed by atoms with Crippen LogP contribution in [0.2, 0.25) is 0 Å². The van der Waals surface area contributed by atoms with Crippen molar-refractivity contribution in [1.82, 2.24) is 35.5 Å². The van der Waals surface area contributed by atoms with Crippen molar-refractivity contribution in [1.29, 1.82) is 0 Å². The van der Waals surface area contributed by atoms with E-state index in [1.807, 2.05) is 27.7 Å². The Labute approximate surface area is 252 Å². The Hall–Kier alpha value is -4.88. The minimum Gasteiger partial charge on any atom is -0.456 e. The second-order valence-electron chi connectivity index (χ2n) is 11.9. The second-order valence-corrected chi connectivity index (χ2v) is 11.9. The van der Waals surface area contributed by atoms with Crippen molar-refractivity contribution >= 4 is 34.6 Å². The van der Waals surface area contributed by atoms with Gasteiger partial charge < -0.3 is 24.8 Å². The van der Waals surface area contributed by atoms with E-state index in [0.717, 1.165) is 12.8 Å². The number of aromatic nitrogens is 5. The van der Waals surface area contributed by atoms with Crippen LogP contribution in [0.1, 0.15) is 69.5 Å². The number of esters is 1. The zero-order chi connectivity index (χ0) is 31.6. The highest BCUT2D eigenvalue weighted by atomic mass is 19.1. The number of nitrogens with zero attached hydrogens (tertiary/aromatic N) is 5. The average molecular weight is 607 g/mol. The second kappa shape index (κ2) is 12.4. The van der Waals surface area contributed by atoms with Crippen LogP contribution < -0.4 is 10.6 Å². The highest BCUT2D eigenvalue weighted by molar-refractivity contribution is 6.00. The molecule has 4 aromatic rings. The first kappa shape index (κ1) is 30.6. The summed E-state index contributed by atoms with van der Waals surface area (Å²) in [6, 6.07) is 6.43. The first-order chi connectivity index (χ1) is 20.9. The third-order valence-electron chi connectivity index (χ3n) is 7.50. The van der Waals surface area contributed by atoms with Gasteiger partial charge in [-0.3, -0.25) is 19.5 Å². The number of fused-ring (bicyclic) bond motifs is 1. The quantitative estimate of drug-likeness (QED) is 0.251. The van der Waals surface area contributed by atoms with Crippen LogP contribution in [0.15, 0.2) is 35.0 Å². The minimum absolute atomic E-state index is 0.00325. The molecule has 44 heavy (non-hydrogen) atoms. The molecule has 2 atom stereocenters. The molecule has 232 valence electrons. The SMILES string of the molecule is CC(=O)OCC(=O)N1C[C@H](Nc2n[nH]c3nccc(-c4ccc(CNC(=O)c5nc(C(C)(C)C)no5)c(F)c4)c23)CC[C@@H]1C. The van der Waals surface area contributed by atoms with Gasteiger partial charge in [0.15, 0.2) is 23.9 Å². The fourth-order valence-electron chi connectivity index (χ4n) is 5.04. The third-order valence-corrected chi connectivity index (χ3v) is 7.50. The molecule has 0 bridgehead atoms. The molecule has 1 fully saturated rings. The van der Waals surface area contributed by atoms with Crippen molar-refractivity contribution in [3.8, 4) is 11.1 Å². The van der Waals surface area contributed by atoms with Gasteiger partial charge in [0.2, 0.25) is 0 Å². The van der Waals surface area contributed by atoms with Crippen LogP contribution in [0.5, 0.6) is 0 Å². The van der Waals surface area contributed by atoms with Gasteiger partial charge in [-0.25, -0.2) is 9.37 Å². The molecular weight excluding hydrogens is 571 g/mol. The predicted molar refractivity (Wildman–Crippen MR) is 158 cm³/mol. The minimum atomic E-state index is -0.592. The lowest BCUT2D eigenvalue weighted by atomic mass is 9.96. The van der Waals surface area contributed by atoms with Gasteiger partial charge in [-0.2, -0.15) is 10.1 Å². The number of ether oxygens (including phenoxy) is 1. The van der Waals surface area contributed by atoms with E-state index in [1.54, 1.807) is 29.3 Å². The number of carbonyl (C=O) groups excluding carboxylic acids is 3. The number of rotatable bonds is 8. The van der Waals surface area contributed by atoms with Crippen LogP contribution in [0, 0.1) is 5.82 Å². The summed E-state index contributed by atoms with van der Waals surface area (Å²) in [5.74, 6) is -1.12. The number of likely N-dealkylation sites (tertiary alicyclic amines) is 1. The largest absolute Gasteiger partial charge is 0.456 e. The van der Waals surface area contributed by atoms with Crippen molar-refractivity contribution in [3.63, 3.8) is 0 Å². The van der Waals surface area contributed by atoms with Crippen LogP contribution >= 0.6 is 0 Å². The third kappa shape index (κ3) is 6.68. The molecule has 1 aliphatic heterocycles. The lowest BCUT2D eigenvalue weighted by Gasteiger charge is -2.38. The molecule has 1 aliphatic rings. The Kier molecular flexibility index (Phi) is 8.61. The molecular formula is C30H35FN8O5. The van der Waals surface area contributed by atoms with E-state index in [4.69, 9.17) is 9.26 Å². The Morgan fingerprint density at radius 3 is 2.70 bits per heavy atom. The van der Waals surface area contributed by atoms with Crippen LogP contribution in [0.3, 0.4) is 0 Å². The molecule has 2 amide bonds. The number of benzene rings is 1. The molecule has 0 unspecified atom stereocenters. The average Bonchev–Trinajstić information content (AvgIpc) is 3.64. The molecule has 1 aromatic carbocycles. The summed E-state index contributed by atoms with van der Waals surface area (Å²) in [7, 11) is 0. The maximum atomic E-state index is 15.3. The fourth-order valence-corrected chi connectivity index (χ4v) is 5.04. The van der Waals surface area contributed by atoms with Crippen molar-refractivity contribution in [3.05, 3.63) is 53.6 Å². The lowest BCUT2D eigenvalue weighted by molar-refractivity contribution is -0.151. The van der Waals surface area contributed by atoms with Gasteiger partial charge in [-0.1, -0.05) is 38.1 Å². The zero-order valence-electron chi connectivity index (χ0n) is 25.2. The number of pyridine rings is 1. The zero-order valence-corrected chi connectivity index (χ0v) is 25.2. The predicted octanol–water partition coefficient (Wildman–Crippen LogP) is 3.73. The summed E-state index contributed by atoms with van der Waals surface area (Å²) in [4.78, 5) is 46.6. The summed E-state index contributed by atoms with van der Waals surface area (Å²) >= 11 is 0. The van der Waals surface area contributed by atoms with E-state index in [0.29, 0.717) is 40.3 Å². The Morgan fingerprint density at radius 2 is 2.00 bits per heavy atom. The van der Waals surface area contributed by atoms with Crippen molar-refractivity contribution in [2.45, 2.75) is 71.5 Å². The number of H-pyrrole nitrogens is 1. The van der Waals surface area contributed by atoms with Gasteiger partial charge in [0.25, 0.3) is 5.91 Å². The Morgan fingerprint density at radius 1 is 1.20 bits per heavy atom. The molecule has 14 heteroatoms. The van der Waals surface area contributed by atoms with Crippen molar-refractivity contribution < 1.29 is 28.0 Å². The first-order valence-electron chi connectivity index (χ1n) is 14.3. The molecule has 5 rings (SSSR count). The highest BCUT2D eigenvalue weighted by Gasteiger charge is 2.30. The molecule has 3 N–H and O–H groups in total. The topological polar surface area (TPSA) is 168 Å². The summed E-state index contributed by atoms with van der Waals surface area (Å²) in [5, 5.41) is 17.9. The van der Waals surface area contributed by atoms with Crippen LogP contribution in [0.25, 0.3) is 22.2 Å².